The van der Waals surface area contributed by atoms with E-state index < -0.39 is 0 Å². The molecule has 1 heterocycles. The molecule has 1 N–H and O–H groups in total. The molecule has 0 bridgehead atoms. The van der Waals surface area contributed by atoms with E-state index >= 15 is 0 Å². The summed E-state index contributed by atoms with van der Waals surface area (Å²) < 4.78 is 13.2. The quantitative estimate of drug-likeness (QED) is 0.707. The highest BCUT2D eigenvalue weighted by Gasteiger charge is 2.21. The Morgan fingerprint density at radius 1 is 1.38 bits per heavy atom. The lowest BCUT2D eigenvalue weighted by Crippen LogP contribution is -2.21. The van der Waals surface area contributed by atoms with E-state index in [0.29, 0.717) is 12.2 Å². The number of para-hydroxylation sites is 1. The first-order chi connectivity index (χ1) is 6.27. The highest BCUT2D eigenvalue weighted by molar-refractivity contribution is 5.48. The average molecular weight is 181 g/mol. The van der Waals surface area contributed by atoms with Gasteiger partial charge in [0.2, 0.25) is 0 Å². The molecule has 1 fully saturated rings. The maximum atomic E-state index is 13.2. The number of hydrogen-bond donors (Lipinski definition) is 1. The molecule has 2 nitrogen and oxygen atoms in total. The molecule has 1 aromatic rings. The molecule has 0 aliphatic carbocycles. The topological polar surface area (TPSA) is 23.5 Å². The zero-order valence-electron chi connectivity index (χ0n) is 7.28. The molecule has 1 aliphatic rings. The number of β-amino-alcohol motifs (C(OH)–C–C–N with tert-alkyl or cyclic N) is 1. The van der Waals surface area contributed by atoms with E-state index in [9.17, 15) is 9.50 Å². The number of anilines is 1. The molecule has 2 rings (SSSR count). The summed E-state index contributed by atoms with van der Waals surface area (Å²) in [6.07, 6.45) is 0.425. The smallest absolute Gasteiger partial charge is 0.146 e. The summed E-state index contributed by atoms with van der Waals surface area (Å²) >= 11 is 0. The Balaban J connectivity index is 2.21. The molecule has 0 amide bonds. The van der Waals surface area contributed by atoms with E-state index in [1.807, 2.05) is 11.0 Å². The number of benzene rings is 1. The van der Waals surface area contributed by atoms with Crippen LogP contribution in [0.2, 0.25) is 0 Å². The number of hydrogen-bond acceptors (Lipinski definition) is 2. The highest BCUT2D eigenvalue weighted by atomic mass is 19.1. The Hall–Kier alpha value is -1.09. The fraction of sp³-hybridized carbons (Fsp3) is 0.400. The second kappa shape index (κ2) is 3.34. The summed E-state index contributed by atoms with van der Waals surface area (Å²) in [6, 6.07) is 6.67. The molecule has 0 saturated carbocycles. The Morgan fingerprint density at radius 3 is 2.77 bits per heavy atom. The molecule has 70 valence electrons. The Labute approximate surface area is 76.6 Å². The van der Waals surface area contributed by atoms with Crippen molar-refractivity contribution in [3.63, 3.8) is 0 Å². The van der Waals surface area contributed by atoms with Gasteiger partial charge in [0.05, 0.1) is 11.8 Å². The van der Waals surface area contributed by atoms with Crippen LogP contribution in [0.25, 0.3) is 0 Å². The first-order valence-electron chi connectivity index (χ1n) is 4.45. The number of aliphatic hydroxyl groups excluding tert-OH is 1. The third-order valence-electron chi connectivity index (χ3n) is 2.36. The number of halogens is 1. The summed E-state index contributed by atoms with van der Waals surface area (Å²) in [4.78, 5) is 1.88. The van der Waals surface area contributed by atoms with Crippen LogP contribution in [-0.2, 0) is 0 Å². The maximum absolute atomic E-state index is 13.2. The van der Waals surface area contributed by atoms with Gasteiger partial charge >= 0.3 is 0 Å². The maximum Gasteiger partial charge on any atom is 0.146 e. The minimum atomic E-state index is -0.306. The molecule has 1 saturated heterocycles. The van der Waals surface area contributed by atoms with Gasteiger partial charge in [-0.05, 0) is 18.6 Å². The molecule has 1 aliphatic heterocycles. The predicted octanol–water partition coefficient (Wildman–Crippen LogP) is 1.40. The summed E-state index contributed by atoms with van der Waals surface area (Å²) in [5.41, 5.74) is 0.596. The van der Waals surface area contributed by atoms with Crippen LogP contribution in [0.15, 0.2) is 24.3 Å². The lowest BCUT2D eigenvalue weighted by atomic mass is 10.3. The largest absolute Gasteiger partial charge is 0.391 e. The monoisotopic (exact) mass is 181 g/mol. The second-order valence-corrected chi connectivity index (χ2v) is 3.34. The van der Waals surface area contributed by atoms with Gasteiger partial charge in [-0.3, -0.25) is 0 Å². The third-order valence-corrected chi connectivity index (χ3v) is 2.36. The SMILES string of the molecule is O[C@H]1CCN(c2ccccc2F)C1. The standard InChI is InChI=1S/C10H12FNO/c11-9-3-1-2-4-10(9)12-6-5-8(13)7-12/h1-4,8,13H,5-7H2/t8-/m0/s1. The summed E-state index contributed by atoms with van der Waals surface area (Å²) in [7, 11) is 0. The molecule has 0 aromatic heterocycles. The Kier molecular flexibility index (Phi) is 2.19. The van der Waals surface area contributed by atoms with Crippen molar-refractivity contribution in [1.82, 2.24) is 0 Å². The molecule has 13 heavy (non-hydrogen) atoms. The number of aliphatic hydroxyl groups is 1. The lowest BCUT2D eigenvalue weighted by Gasteiger charge is -2.17. The first-order valence-corrected chi connectivity index (χ1v) is 4.45. The van der Waals surface area contributed by atoms with Crippen LogP contribution in [0.5, 0.6) is 0 Å². The van der Waals surface area contributed by atoms with Crippen LogP contribution in [-0.4, -0.2) is 24.3 Å². The van der Waals surface area contributed by atoms with Crippen molar-refractivity contribution in [3.8, 4) is 0 Å². The van der Waals surface area contributed by atoms with Gasteiger partial charge in [0.1, 0.15) is 5.82 Å². The van der Waals surface area contributed by atoms with E-state index in [1.54, 1.807) is 12.1 Å². The fourth-order valence-electron chi connectivity index (χ4n) is 1.67. The molecule has 1 atom stereocenters. The van der Waals surface area contributed by atoms with Crippen molar-refractivity contribution in [2.45, 2.75) is 12.5 Å². The van der Waals surface area contributed by atoms with E-state index in [0.717, 1.165) is 13.0 Å². The van der Waals surface area contributed by atoms with Gasteiger partial charge < -0.3 is 10.0 Å². The Morgan fingerprint density at radius 2 is 2.15 bits per heavy atom. The lowest BCUT2D eigenvalue weighted by molar-refractivity contribution is 0.198. The number of rotatable bonds is 1. The van der Waals surface area contributed by atoms with Gasteiger partial charge in [-0.1, -0.05) is 12.1 Å². The zero-order chi connectivity index (χ0) is 9.26. The van der Waals surface area contributed by atoms with Gasteiger partial charge in [0, 0.05) is 13.1 Å². The molecular formula is C10H12FNO. The van der Waals surface area contributed by atoms with Gasteiger partial charge in [0.15, 0.2) is 0 Å². The Bertz CT molecular complexity index is 303. The van der Waals surface area contributed by atoms with Crippen molar-refractivity contribution in [1.29, 1.82) is 0 Å². The van der Waals surface area contributed by atoms with Gasteiger partial charge in [-0.2, -0.15) is 0 Å². The second-order valence-electron chi connectivity index (χ2n) is 3.34. The summed E-state index contributed by atoms with van der Waals surface area (Å²) in [5.74, 6) is -0.211. The van der Waals surface area contributed by atoms with Crippen LogP contribution in [0.3, 0.4) is 0 Å². The molecule has 0 radical (unpaired) electrons. The van der Waals surface area contributed by atoms with Gasteiger partial charge in [0.25, 0.3) is 0 Å². The van der Waals surface area contributed by atoms with Crippen LogP contribution < -0.4 is 4.90 Å². The average Bonchev–Trinajstić information content (AvgIpc) is 2.53. The van der Waals surface area contributed by atoms with E-state index in [-0.39, 0.29) is 11.9 Å². The minimum Gasteiger partial charge on any atom is -0.391 e. The molecule has 1 aromatic carbocycles. The molecule has 3 heteroatoms. The minimum absolute atomic E-state index is 0.211. The number of nitrogens with zero attached hydrogens (tertiary/aromatic N) is 1. The summed E-state index contributed by atoms with van der Waals surface area (Å²) in [5, 5.41) is 9.29. The van der Waals surface area contributed by atoms with Crippen molar-refractivity contribution in [2.75, 3.05) is 18.0 Å². The van der Waals surface area contributed by atoms with Crippen molar-refractivity contribution < 1.29 is 9.50 Å². The zero-order valence-corrected chi connectivity index (χ0v) is 7.28. The normalized spacial score (nSPS) is 22.3. The highest BCUT2D eigenvalue weighted by Crippen LogP contribution is 2.22. The predicted molar refractivity (Wildman–Crippen MR) is 49.2 cm³/mol. The first kappa shape index (κ1) is 8.51. The van der Waals surface area contributed by atoms with E-state index in [2.05, 4.69) is 0 Å². The van der Waals surface area contributed by atoms with Crippen LogP contribution in [0.1, 0.15) is 6.42 Å². The van der Waals surface area contributed by atoms with Crippen LogP contribution in [0.4, 0.5) is 10.1 Å². The van der Waals surface area contributed by atoms with Crippen molar-refractivity contribution >= 4 is 5.69 Å². The van der Waals surface area contributed by atoms with Crippen LogP contribution >= 0.6 is 0 Å². The third kappa shape index (κ3) is 1.65. The van der Waals surface area contributed by atoms with Gasteiger partial charge in [-0.25, -0.2) is 4.39 Å². The van der Waals surface area contributed by atoms with Crippen LogP contribution in [0, 0.1) is 5.82 Å². The van der Waals surface area contributed by atoms with E-state index in [4.69, 9.17) is 0 Å². The fourth-order valence-corrected chi connectivity index (χ4v) is 1.67. The van der Waals surface area contributed by atoms with Crippen molar-refractivity contribution in [3.05, 3.63) is 30.1 Å². The molecular weight excluding hydrogens is 169 g/mol. The van der Waals surface area contributed by atoms with Gasteiger partial charge in [-0.15, -0.1) is 0 Å². The van der Waals surface area contributed by atoms with Crippen molar-refractivity contribution in [2.24, 2.45) is 0 Å². The molecule has 0 spiro atoms. The van der Waals surface area contributed by atoms with E-state index in [1.165, 1.54) is 6.07 Å². The summed E-state index contributed by atoms with van der Waals surface area (Å²) in [6.45, 7) is 1.28. The molecule has 0 unspecified atom stereocenters.